The maximum absolute atomic E-state index is 12.6. The van der Waals surface area contributed by atoms with Gasteiger partial charge in [0.1, 0.15) is 0 Å². The second-order valence-electron chi connectivity index (χ2n) is 6.09. The summed E-state index contributed by atoms with van der Waals surface area (Å²) >= 11 is 0. The highest BCUT2D eigenvalue weighted by atomic mass is 16.2. The van der Waals surface area contributed by atoms with Crippen molar-refractivity contribution in [3.8, 4) is 0 Å². The van der Waals surface area contributed by atoms with Gasteiger partial charge in [-0.05, 0) is 32.4 Å². The third kappa shape index (κ3) is 2.64. The minimum absolute atomic E-state index is 0.0229. The molecule has 0 radical (unpaired) electrons. The SMILES string of the molecule is CCN(CC)C1CCN(C(=O)c2n[nH]c(C3CC3)c2N)C1. The van der Waals surface area contributed by atoms with Crippen LogP contribution in [0.2, 0.25) is 0 Å². The van der Waals surface area contributed by atoms with Crippen LogP contribution in [0.3, 0.4) is 0 Å². The van der Waals surface area contributed by atoms with E-state index in [0.717, 1.165) is 51.1 Å². The number of nitrogens with two attached hydrogens (primary N) is 1. The minimum atomic E-state index is -0.0229. The quantitative estimate of drug-likeness (QED) is 0.860. The Morgan fingerprint density at radius 2 is 2.10 bits per heavy atom. The molecule has 1 atom stereocenters. The largest absolute Gasteiger partial charge is 0.395 e. The highest BCUT2D eigenvalue weighted by molar-refractivity contribution is 5.98. The molecule has 116 valence electrons. The molecule has 1 unspecified atom stereocenters. The van der Waals surface area contributed by atoms with Crippen LogP contribution in [0, 0.1) is 0 Å². The molecule has 2 heterocycles. The third-order valence-corrected chi connectivity index (χ3v) is 4.80. The summed E-state index contributed by atoms with van der Waals surface area (Å²) in [6.45, 7) is 7.97. The van der Waals surface area contributed by atoms with Crippen LogP contribution in [-0.2, 0) is 0 Å². The fourth-order valence-corrected chi connectivity index (χ4v) is 3.32. The number of hydrogen-bond acceptors (Lipinski definition) is 4. The molecule has 3 N–H and O–H groups in total. The lowest BCUT2D eigenvalue weighted by Crippen LogP contribution is -2.38. The molecule has 6 nitrogen and oxygen atoms in total. The molecule has 1 aliphatic carbocycles. The lowest BCUT2D eigenvalue weighted by atomic mass is 10.2. The summed E-state index contributed by atoms with van der Waals surface area (Å²) in [7, 11) is 0. The maximum atomic E-state index is 12.6. The van der Waals surface area contributed by atoms with Gasteiger partial charge in [-0.25, -0.2) is 0 Å². The molecule has 0 aromatic carbocycles. The van der Waals surface area contributed by atoms with Gasteiger partial charge in [0.25, 0.3) is 5.91 Å². The smallest absolute Gasteiger partial charge is 0.276 e. The molecule has 1 aromatic heterocycles. The van der Waals surface area contributed by atoms with Gasteiger partial charge in [-0.1, -0.05) is 13.8 Å². The Bertz CT molecular complexity index is 518. The van der Waals surface area contributed by atoms with Gasteiger partial charge in [-0.15, -0.1) is 0 Å². The molecule has 0 bridgehead atoms. The van der Waals surface area contributed by atoms with E-state index in [2.05, 4.69) is 28.9 Å². The van der Waals surface area contributed by atoms with Crippen LogP contribution in [0.5, 0.6) is 0 Å². The summed E-state index contributed by atoms with van der Waals surface area (Å²) in [5.74, 6) is 0.464. The highest BCUT2D eigenvalue weighted by Crippen LogP contribution is 2.42. The number of anilines is 1. The van der Waals surface area contributed by atoms with Crippen molar-refractivity contribution in [2.24, 2.45) is 0 Å². The van der Waals surface area contributed by atoms with Crippen molar-refractivity contribution in [2.75, 3.05) is 31.9 Å². The van der Waals surface area contributed by atoms with Crippen molar-refractivity contribution in [1.82, 2.24) is 20.0 Å². The van der Waals surface area contributed by atoms with Crippen molar-refractivity contribution >= 4 is 11.6 Å². The van der Waals surface area contributed by atoms with Crippen LogP contribution in [0.4, 0.5) is 5.69 Å². The van der Waals surface area contributed by atoms with E-state index in [4.69, 9.17) is 5.73 Å². The average Bonchev–Trinajstić information content (AvgIpc) is 3.08. The molecular weight excluding hydrogens is 266 g/mol. The Balaban J connectivity index is 1.69. The Morgan fingerprint density at radius 1 is 1.38 bits per heavy atom. The van der Waals surface area contributed by atoms with Gasteiger partial charge in [0.05, 0.1) is 11.4 Å². The van der Waals surface area contributed by atoms with E-state index in [1.807, 2.05) is 4.90 Å². The van der Waals surface area contributed by atoms with Crippen molar-refractivity contribution in [3.05, 3.63) is 11.4 Å². The predicted octanol–water partition coefficient (Wildman–Crippen LogP) is 1.43. The van der Waals surface area contributed by atoms with Gasteiger partial charge >= 0.3 is 0 Å². The number of likely N-dealkylation sites (tertiary alicyclic amines) is 1. The topological polar surface area (TPSA) is 78.2 Å². The second kappa shape index (κ2) is 5.67. The molecule has 6 heteroatoms. The molecule has 1 aromatic rings. The summed E-state index contributed by atoms with van der Waals surface area (Å²) in [4.78, 5) is 16.9. The van der Waals surface area contributed by atoms with Crippen LogP contribution < -0.4 is 5.73 Å². The first kappa shape index (κ1) is 14.4. The first-order valence-electron chi connectivity index (χ1n) is 8.02. The van der Waals surface area contributed by atoms with Crippen LogP contribution >= 0.6 is 0 Å². The van der Waals surface area contributed by atoms with E-state index in [1.54, 1.807) is 0 Å². The second-order valence-corrected chi connectivity index (χ2v) is 6.09. The standard InChI is InChI=1S/C15H25N5O/c1-3-19(4-2)11-7-8-20(9-11)15(21)14-12(16)13(17-18-14)10-5-6-10/h10-11H,3-9,16H2,1-2H3,(H,17,18). The van der Waals surface area contributed by atoms with Crippen molar-refractivity contribution < 1.29 is 4.79 Å². The fraction of sp³-hybridized carbons (Fsp3) is 0.733. The molecule has 2 aliphatic rings. The summed E-state index contributed by atoms with van der Waals surface area (Å²) < 4.78 is 0. The molecule has 2 fully saturated rings. The van der Waals surface area contributed by atoms with Gasteiger partial charge in [-0.3, -0.25) is 14.8 Å². The van der Waals surface area contributed by atoms with Gasteiger partial charge in [-0.2, -0.15) is 5.10 Å². The van der Waals surface area contributed by atoms with Gasteiger partial charge < -0.3 is 10.6 Å². The predicted molar refractivity (Wildman–Crippen MR) is 82.2 cm³/mol. The van der Waals surface area contributed by atoms with Gasteiger partial charge in [0, 0.05) is 25.0 Å². The Morgan fingerprint density at radius 3 is 2.71 bits per heavy atom. The third-order valence-electron chi connectivity index (χ3n) is 4.80. The van der Waals surface area contributed by atoms with Crippen LogP contribution in [0.15, 0.2) is 0 Å². The number of nitrogens with one attached hydrogen (secondary N) is 1. The highest BCUT2D eigenvalue weighted by Gasteiger charge is 2.34. The van der Waals surface area contributed by atoms with E-state index in [9.17, 15) is 4.79 Å². The number of H-pyrrole nitrogens is 1. The number of hydrogen-bond donors (Lipinski definition) is 2. The summed E-state index contributed by atoms with van der Waals surface area (Å²) in [6.07, 6.45) is 3.33. The zero-order valence-electron chi connectivity index (χ0n) is 12.9. The number of carbonyl (C=O) groups excluding carboxylic acids is 1. The lowest BCUT2D eigenvalue weighted by Gasteiger charge is -2.25. The van der Waals surface area contributed by atoms with Crippen LogP contribution in [-0.4, -0.2) is 58.1 Å². The number of amides is 1. The number of aromatic nitrogens is 2. The summed E-state index contributed by atoms with van der Waals surface area (Å²) in [6, 6.07) is 0.465. The molecule has 1 amide bonds. The first-order valence-corrected chi connectivity index (χ1v) is 8.02. The van der Waals surface area contributed by atoms with E-state index < -0.39 is 0 Å². The molecule has 1 saturated carbocycles. The molecule has 3 rings (SSSR count). The number of nitrogens with zero attached hydrogens (tertiary/aromatic N) is 3. The zero-order valence-corrected chi connectivity index (χ0v) is 12.9. The van der Waals surface area contributed by atoms with Gasteiger partial charge in [0.15, 0.2) is 5.69 Å². The monoisotopic (exact) mass is 291 g/mol. The number of nitrogen functional groups attached to an aromatic ring is 1. The fourth-order valence-electron chi connectivity index (χ4n) is 3.32. The number of rotatable bonds is 5. The molecule has 21 heavy (non-hydrogen) atoms. The van der Waals surface area contributed by atoms with E-state index in [-0.39, 0.29) is 5.91 Å². The number of carbonyl (C=O) groups is 1. The van der Waals surface area contributed by atoms with Crippen molar-refractivity contribution in [1.29, 1.82) is 0 Å². The molecular formula is C15H25N5O. The summed E-state index contributed by atoms with van der Waals surface area (Å²) in [5, 5.41) is 7.14. The zero-order chi connectivity index (χ0) is 15.0. The van der Waals surface area contributed by atoms with E-state index >= 15 is 0 Å². The summed E-state index contributed by atoms with van der Waals surface area (Å²) in [5.41, 5.74) is 8.04. The lowest BCUT2D eigenvalue weighted by molar-refractivity contribution is 0.0773. The maximum Gasteiger partial charge on any atom is 0.276 e. The van der Waals surface area contributed by atoms with E-state index in [0.29, 0.717) is 23.3 Å². The molecule has 0 spiro atoms. The van der Waals surface area contributed by atoms with E-state index in [1.165, 1.54) is 0 Å². The molecule has 1 saturated heterocycles. The first-order chi connectivity index (χ1) is 10.2. The number of aromatic amines is 1. The van der Waals surface area contributed by atoms with Crippen molar-refractivity contribution in [3.63, 3.8) is 0 Å². The average molecular weight is 291 g/mol. The molecule has 1 aliphatic heterocycles. The Labute approximate surface area is 125 Å². The minimum Gasteiger partial charge on any atom is -0.395 e. The van der Waals surface area contributed by atoms with Crippen LogP contribution in [0.1, 0.15) is 55.2 Å². The van der Waals surface area contributed by atoms with Gasteiger partial charge in [0.2, 0.25) is 0 Å². The van der Waals surface area contributed by atoms with Crippen LogP contribution in [0.25, 0.3) is 0 Å². The number of likely N-dealkylation sites (N-methyl/N-ethyl adjacent to an activating group) is 1. The normalized spacial score (nSPS) is 22.2. The Kier molecular flexibility index (Phi) is 3.89. The Hall–Kier alpha value is -1.56. The van der Waals surface area contributed by atoms with Crippen molar-refractivity contribution in [2.45, 2.75) is 45.1 Å².